The molecule has 0 radical (unpaired) electrons. The van der Waals surface area contributed by atoms with Crippen molar-refractivity contribution < 1.29 is 19.4 Å². The van der Waals surface area contributed by atoms with E-state index in [2.05, 4.69) is 21.8 Å². The van der Waals surface area contributed by atoms with Crippen molar-refractivity contribution in [3.63, 3.8) is 0 Å². The minimum atomic E-state index is -0.411. The SMILES string of the molecule is C[C@H]1CN([C@@H](C)CO)C(=O)c2cc(C#CCN(C)C)cnc2O[C@@H]1CN(C)C(=O)Cc1cccnc1. The van der Waals surface area contributed by atoms with Crippen LogP contribution in [0.1, 0.15) is 35.3 Å². The number of pyridine rings is 2. The summed E-state index contributed by atoms with van der Waals surface area (Å²) in [5, 5.41) is 9.82. The van der Waals surface area contributed by atoms with Crippen LogP contribution in [0, 0.1) is 17.8 Å². The van der Waals surface area contributed by atoms with Crippen molar-refractivity contribution in [2.45, 2.75) is 32.4 Å². The molecule has 1 aliphatic heterocycles. The molecule has 0 fully saturated rings. The van der Waals surface area contributed by atoms with Gasteiger partial charge in [-0.2, -0.15) is 0 Å². The predicted octanol–water partition coefficient (Wildman–Crippen LogP) is 1.31. The molecule has 0 saturated heterocycles. The fraction of sp³-hybridized carbons (Fsp3) is 0.481. The van der Waals surface area contributed by atoms with Crippen LogP contribution in [0.4, 0.5) is 0 Å². The van der Waals surface area contributed by atoms with E-state index in [0.717, 1.165) is 5.56 Å². The van der Waals surface area contributed by atoms with Gasteiger partial charge in [0, 0.05) is 43.7 Å². The van der Waals surface area contributed by atoms with Crippen LogP contribution in [0.5, 0.6) is 5.88 Å². The summed E-state index contributed by atoms with van der Waals surface area (Å²) in [5.74, 6) is 5.86. The van der Waals surface area contributed by atoms with Crippen molar-refractivity contribution in [3.05, 3.63) is 53.5 Å². The number of hydrogen-bond donors (Lipinski definition) is 1. The van der Waals surface area contributed by atoms with E-state index in [4.69, 9.17) is 4.74 Å². The third kappa shape index (κ3) is 7.03. The van der Waals surface area contributed by atoms with Gasteiger partial charge in [-0.1, -0.05) is 24.8 Å². The summed E-state index contributed by atoms with van der Waals surface area (Å²) in [6.07, 6.45) is 4.77. The molecule has 9 heteroatoms. The molecule has 0 spiro atoms. The molecular weight excluding hydrogens is 458 g/mol. The normalized spacial score (nSPS) is 18.3. The van der Waals surface area contributed by atoms with E-state index in [9.17, 15) is 14.7 Å². The molecule has 0 unspecified atom stereocenters. The lowest BCUT2D eigenvalue weighted by molar-refractivity contribution is -0.130. The minimum Gasteiger partial charge on any atom is -0.472 e. The van der Waals surface area contributed by atoms with Gasteiger partial charge < -0.3 is 19.6 Å². The number of nitrogens with zero attached hydrogens (tertiary/aromatic N) is 5. The molecular formula is C27H35N5O4. The number of rotatable bonds is 7. The third-order valence-corrected chi connectivity index (χ3v) is 6.11. The van der Waals surface area contributed by atoms with E-state index < -0.39 is 6.10 Å². The molecule has 1 N–H and O–H groups in total. The molecule has 1 aliphatic rings. The first-order valence-corrected chi connectivity index (χ1v) is 12.0. The maximum Gasteiger partial charge on any atom is 0.259 e. The van der Waals surface area contributed by atoms with Crippen LogP contribution in [-0.2, 0) is 11.2 Å². The molecule has 2 amide bonds. The monoisotopic (exact) mass is 493 g/mol. The van der Waals surface area contributed by atoms with Crippen molar-refractivity contribution in [2.75, 3.05) is 47.4 Å². The molecule has 192 valence electrons. The van der Waals surface area contributed by atoms with Crippen LogP contribution in [-0.4, -0.2) is 101 Å². The Morgan fingerprint density at radius 2 is 2.11 bits per heavy atom. The molecule has 2 aromatic heterocycles. The zero-order valence-corrected chi connectivity index (χ0v) is 21.6. The lowest BCUT2D eigenvalue weighted by Gasteiger charge is -2.37. The second-order valence-corrected chi connectivity index (χ2v) is 9.55. The van der Waals surface area contributed by atoms with E-state index in [1.54, 1.807) is 54.5 Å². The van der Waals surface area contributed by atoms with Gasteiger partial charge in [-0.3, -0.25) is 19.5 Å². The molecule has 36 heavy (non-hydrogen) atoms. The van der Waals surface area contributed by atoms with Gasteiger partial charge >= 0.3 is 0 Å². The fourth-order valence-electron chi connectivity index (χ4n) is 3.87. The Labute approximate surface area is 213 Å². The molecule has 2 aromatic rings. The first-order chi connectivity index (χ1) is 17.2. The molecule has 0 bridgehead atoms. The number of likely N-dealkylation sites (N-methyl/N-ethyl adjacent to an activating group) is 1. The van der Waals surface area contributed by atoms with Crippen LogP contribution >= 0.6 is 0 Å². The van der Waals surface area contributed by atoms with Gasteiger partial charge in [0.25, 0.3) is 5.91 Å². The Morgan fingerprint density at radius 1 is 1.33 bits per heavy atom. The zero-order chi connectivity index (χ0) is 26.2. The summed E-state index contributed by atoms with van der Waals surface area (Å²) in [6.45, 7) is 4.87. The van der Waals surface area contributed by atoms with Crippen LogP contribution < -0.4 is 4.74 Å². The van der Waals surface area contributed by atoms with Gasteiger partial charge in [-0.05, 0) is 38.7 Å². The summed E-state index contributed by atoms with van der Waals surface area (Å²) < 4.78 is 6.27. The summed E-state index contributed by atoms with van der Waals surface area (Å²) in [7, 11) is 5.60. The molecule has 0 aromatic carbocycles. The van der Waals surface area contributed by atoms with E-state index in [0.29, 0.717) is 30.8 Å². The van der Waals surface area contributed by atoms with Crippen molar-refractivity contribution in [1.82, 2.24) is 24.7 Å². The maximum atomic E-state index is 13.5. The second-order valence-electron chi connectivity index (χ2n) is 9.55. The third-order valence-electron chi connectivity index (χ3n) is 6.11. The number of aliphatic hydroxyl groups excluding tert-OH is 1. The Bertz CT molecular complexity index is 1110. The molecule has 3 atom stereocenters. The number of aliphatic hydroxyl groups is 1. The molecule has 9 nitrogen and oxygen atoms in total. The lowest BCUT2D eigenvalue weighted by Crippen LogP contribution is -2.50. The summed E-state index contributed by atoms with van der Waals surface area (Å²) >= 11 is 0. The minimum absolute atomic E-state index is 0.0581. The maximum absolute atomic E-state index is 13.5. The Hall–Kier alpha value is -3.48. The van der Waals surface area contributed by atoms with E-state index in [-0.39, 0.29) is 42.7 Å². The van der Waals surface area contributed by atoms with Gasteiger partial charge in [0.15, 0.2) is 0 Å². The first kappa shape index (κ1) is 27.1. The van der Waals surface area contributed by atoms with E-state index in [1.807, 2.05) is 32.0 Å². The Balaban J connectivity index is 1.87. The summed E-state index contributed by atoms with van der Waals surface area (Å²) in [5.41, 5.74) is 1.75. The summed E-state index contributed by atoms with van der Waals surface area (Å²) in [6, 6.07) is 4.97. The second kappa shape index (κ2) is 12.5. The van der Waals surface area contributed by atoms with Gasteiger partial charge in [0.1, 0.15) is 11.7 Å². The van der Waals surface area contributed by atoms with Crippen LogP contribution in [0.25, 0.3) is 0 Å². The number of carbonyl (C=O) groups is 2. The highest BCUT2D eigenvalue weighted by Crippen LogP contribution is 2.27. The molecule has 0 saturated carbocycles. The first-order valence-electron chi connectivity index (χ1n) is 12.0. The van der Waals surface area contributed by atoms with Gasteiger partial charge in [-0.25, -0.2) is 4.98 Å². The number of hydrogen-bond acceptors (Lipinski definition) is 7. The Morgan fingerprint density at radius 3 is 2.78 bits per heavy atom. The van der Waals surface area contributed by atoms with Gasteiger partial charge in [0.2, 0.25) is 11.8 Å². The van der Waals surface area contributed by atoms with Crippen LogP contribution in [0.15, 0.2) is 36.8 Å². The largest absolute Gasteiger partial charge is 0.472 e. The van der Waals surface area contributed by atoms with E-state index in [1.165, 1.54) is 0 Å². The topological polar surface area (TPSA) is 99.1 Å². The van der Waals surface area contributed by atoms with Crippen LogP contribution in [0.3, 0.4) is 0 Å². The lowest BCUT2D eigenvalue weighted by atomic mass is 9.99. The number of amides is 2. The van der Waals surface area contributed by atoms with E-state index >= 15 is 0 Å². The highest BCUT2D eigenvalue weighted by atomic mass is 16.5. The highest BCUT2D eigenvalue weighted by Gasteiger charge is 2.34. The number of fused-ring (bicyclic) bond motifs is 1. The molecule has 0 aliphatic carbocycles. The predicted molar refractivity (Wildman–Crippen MR) is 136 cm³/mol. The van der Waals surface area contributed by atoms with Crippen molar-refractivity contribution >= 4 is 11.8 Å². The molecule has 3 rings (SSSR count). The number of aromatic nitrogens is 2. The smallest absolute Gasteiger partial charge is 0.259 e. The van der Waals surface area contributed by atoms with Gasteiger partial charge in [-0.15, -0.1) is 0 Å². The fourth-order valence-corrected chi connectivity index (χ4v) is 3.87. The van der Waals surface area contributed by atoms with Crippen molar-refractivity contribution in [1.29, 1.82) is 0 Å². The quantitative estimate of drug-likeness (QED) is 0.581. The average molecular weight is 494 g/mol. The van der Waals surface area contributed by atoms with Crippen molar-refractivity contribution in [3.8, 4) is 17.7 Å². The zero-order valence-electron chi connectivity index (χ0n) is 21.6. The summed E-state index contributed by atoms with van der Waals surface area (Å²) in [4.78, 5) is 40.1. The van der Waals surface area contributed by atoms with Crippen molar-refractivity contribution in [2.24, 2.45) is 5.92 Å². The highest BCUT2D eigenvalue weighted by molar-refractivity contribution is 5.97. The number of ether oxygens (including phenoxy) is 1. The van der Waals surface area contributed by atoms with Crippen LogP contribution in [0.2, 0.25) is 0 Å². The number of carbonyl (C=O) groups excluding carboxylic acids is 2. The van der Waals surface area contributed by atoms with Gasteiger partial charge in [0.05, 0.1) is 32.2 Å². The standard InChI is InChI=1S/C27H35N5O4/c1-19-16-32(20(2)18-33)27(35)23-12-21(9-7-11-30(3)4)15-29-26(23)36-24(19)17-31(5)25(34)13-22-8-6-10-28-14-22/h6,8,10,12,14-15,19-20,24,33H,11,13,16-18H2,1-5H3/t19-,20-,24+/m0/s1. The Kier molecular flexibility index (Phi) is 9.39. The average Bonchev–Trinajstić information content (AvgIpc) is 2.86. The molecule has 3 heterocycles.